The maximum absolute atomic E-state index is 12.5. The van der Waals surface area contributed by atoms with Crippen molar-refractivity contribution >= 4 is 36.2 Å². The number of nitrogens with zero attached hydrogens (tertiary/aromatic N) is 1. The molecular formula is C23H28ClN3O4. The molecule has 2 aromatic carbocycles. The van der Waals surface area contributed by atoms with Crippen molar-refractivity contribution in [1.82, 2.24) is 5.43 Å². The van der Waals surface area contributed by atoms with E-state index in [2.05, 4.69) is 22.8 Å². The molecule has 3 rings (SSSR count). The van der Waals surface area contributed by atoms with Crippen LogP contribution in [0.1, 0.15) is 54.1 Å². The summed E-state index contributed by atoms with van der Waals surface area (Å²) in [6.45, 7) is 2.98. The number of anilines is 1. The van der Waals surface area contributed by atoms with Gasteiger partial charge in [-0.25, -0.2) is 0 Å². The summed E-state index contributed by atoms with van der Waals surface area (Å²) >= 11 is 0. The first-order chi connectivity index (χ1) is 14.5. The first kappa shape index (κ1) is 24.2. The summed E-state index contributed by atoms with van der Waals surface area (Å²) in [6, 6.07) is 12.7. The van der Waals surface area contributed by atoms with Crippen LogP contribution in [0.5, 0.6) is 5.75 Å². The topological polar surface area (TPSA) is 100 Å². The molecule has 1 aliphatic rings. The summed E-state index contributed by atoms with van der Waals surface area (Å²) < 4.78 is 5.74. The minimum atomic E-state index is -0.864. The smallest absolute Gasteiger partial charge is 0.307 e. The predicted octanol–water partition coefficient (Wildman–Crippen LogP) is 4.25. The fourth-order valence-corrected chi connectivity index (χ4v) is 3.23. The third kappa shape index (κ3) is 7.29. The van der Waals surface area contributed by atoms with E-state index in [1.807, 2.05) is 18.2 Å². The van der Waals surface area contributed by atoms with E-state index >= 15 is 0 Å². The largest absolute Gasteiger partial charge is 0.490 e. The van der Waals surface area contributed by atoms with Crippen molar-refractivity contribution in [2.75, 3.05) is 11.9 Å². The molecule has 3 N–H and O–H groups in total. The van der Waals surface area contributed by atoms with Crippen LogP contribution in [0, 0.1) is 0 Å². The van der Waals surface area contributed by atoms with Crippen LogP contribution in [0.25, 0.3) is 0 Å². The molecule has 7 nitrogen and oxygen atoms in total. The van der Waals surface area contributed by atoms with E-state index in [4.69, 9.17) is 9.84 Å². The number of hydrogen-bond donors (Lipinski definition) is 3. The lowest BCUT2D eigenvalue weighted by atomic mass is 10.00. The number of carbonyl (C=O) groups excluding carboxylic acids is 1. The van der Waals surface area contributed by atoms with Crippen molar-refractivity contribution in [3.8, 4) is 5.75 Å². The number of aryl methyl sites for hydroxylation is 1. The number of ether oxygens (including phenoxy) is 1. The molecular weight excluding hydrogens is 418 g/mol. The fraction of sp³-hybridized carbons (Fsp3) is 0.348. The number of carboxylic acids is 1. The summed E-state index contributed by atoms with van der Waals surface area (Å²) in [7, 11) is 0. The van der Waals surface area contributed by atoms with Crippen LogP contribution < -0.4 is 15.5 Å². The zero-order chi connectivity index (χ0) is 21.3. The molecule has 1 heterocycles. The van der Waals surface area contributed by atoms with Gasteiger partial charge in [-0.15, -0.1) is 12.4 Å². The number of nitrogens with one attached hydrogen (secondary N) is 2. The number of hydrogen-bond acceptors (Lipinski definition) is 5. The Bertz CT molecular complexity index is 916. The Morgan fingerprint density at radius 2 is 2.00 bits per heavy atom. The number of carboxylic acid groups (broad SMARTS) is 1. The molecule has 2 aromatic rings. The third-order valence-electron chi connectivity index (χ3n) is 4.87. The van der Waals surface area contributed by atoms with Gasteiger partial charge in [-0.2, -0.15) is 5.10 Å². The number of benzene rings is 2. The first-order valence-corrected chi connectivity index (χ1v) is 10.2. The molecule has 166 valence electrons. The van der Waals surface area contributed by atoms with E-state index in [0.29, 0.717) is 23.4 Å². The molecule has 1 unspecified atom stereocenters. The normalized spacial score (nSPS) is 14.8. The zero-order valence-corrected chi connectivity index (χ0v) is 18.3. The lowest BCUT2D eigenvalue weighted by Crippen LogP contribution is -2.25. The van der Waals surface area contributed by atoms with E-state index in [0.717, 1.165) is 36.9 Å². The van der Waals surface area contributed by atoms with Gasteiger partial charge in [0, 0.05) is 17.8 Å². The maximum Gasteiger partial charge on any atom is 0.307 e. The second kappa shape index (κ2) is 12.0. The Balaban J connectivity index is 0.00000341. The Morgan fingerprint density at radius 3 is 2.71 bits per heavy atom. The second-order valence-electron chi connectivity index (χ2n) is 7.29. The van der Waals surface area contributed by atoms with Crippen LogP contribution in [0.4, 0.5) is 5.69 Å². The first-order valence-electron chi connectivity index (χ1n) is 10.2. The lowest BCUT2D eigenvalue weighted by Gasteiger charge is -2.25. The molecule has 0 aliphatic carbocycles. The molecule has 1 amide bonds. The van der Waals surface area contributed by atoms with Gasteiger partial charge >= 0.3 is 5.97 Å². The van der Waals surface area contributed by atoms with Crippen LogP contribution in [0.3, 0.4) is 0 Å². The summed E-state index contributed by atoms with van der Waals surface area (Å²) in [4.78, 5) is 23.4. The fourth-order valence-electron chi connectivity index (χ4n) is 3.23. The van der Waals surface area contributed by atoms with Crippen molar-refractivity contribution in [2.24, 2.45) is 5.10 Å². The molecule has 1 aliphatic heterocycles. The summed E-state index contributed by atoms with van der Waals surface area (Å²) in [5.41, 5.74) is 6.12. The number of carbonyl (C=O) groups is 2. The quantitative estimate of drug-likeness (QED) is 0.304. The Labute approximate surface area is 188 Å². The molecule has 31 heavy (non-hydrogen) atoms. The second-order valence-corrected chi connectivity index (χ2v) is 7.29. The van der Waals surface area contributed by atoms with Crippen LogP contribution in [0.15, 0.2) is 47.6 Å². The van der Waals surface area contributed by atoms with Gasteiger partial charge in [0.05, 0.1) is 12.6 Å². The highest BCUT2D eigenvalue weighted by atomic mass is 35.5. The summed E-state index contributed by atoms with van der Waals surface area (Å²) in [5.74, 6) is -0.376. The number of unbranched alkanes of at least 4 members (excludes halogenated alkanes) is 1. The number of fused-ring (bicyclic) bond motifs is 1. The molecule has 0 aromatic heterocycles. The van der Waals surface area contributed by atoms with Crippen LogP contribution >= 0.6 is 12.4 Å². The molecule has 0 spiro atoms. The van der Waals surface area contributed by atoms with Crippen LogP contribution in [-0.4, -0.2) is 35.8 Å². The van der Waals surface area contributed by atoms with Crippen LogP contribution in [-0.2, 0) is 11.2 Å². The van der Waals surface area contributed by atoms with Gasteiger partial charge in [0.1, 0.15) is 11.9 Å². The molecule has 0 bridgehead atoms. The van der Waals surface area contributed by atoms with Gasteiger partial charge in [-0.1, -0.05) is 25.5 Å². The number of rotatable bonds is 9. The van der Waals surface area contributed by atoms with Gasteiger partial charge in [-0.3, -0.25) is 9.59 Å². The minimum absolute atomic E-state index is 0. The van der Waals surface area contributed by atoms with E-state index in [9.17, 15) is 9.59 Å². The highest BCUT2D eigenvalue weighted by Crippen LogP contribution is 2.31. The molecule has 0 saturated carbocycles. The van der Waals surface area contributed by atoms with Crippen molar-refractivity contribution < 1.29 is 19.4 Å². The standard InChI is InChI=1S/C23H27N3O4.ClH/c1-2-3-12-24-25-15-16-4-6-17(7-5-16)23(29)26-19-9-11-21-18(13-19)8-10-20(30-21)14-22(27)28;/h4-7,9,11,13,15,20,24H,2-3,8,10,12,14H2,1H3,(H,26,29)(H,27,28);1H. The molecule has 0 saturated heterocycles. The third-order valence-corrected chi connectivity index (χ3v) is 4.87. The van der Waals surface area contributed by atoms with E-state index in [1.165, 1.54) is 0 Å². The number of amides is 1. The summed E-state index contributed by atoms with van der Waals surface area (Å²) in [5, 5.41) is 16.0. The van der Waals surface area contributed by atoms with Crippen molar-refractivity contribution in [2.45, 2.75) is 45.1 Å². The van der Waals surface area contributed by atoms with Gasteiger partial charge < -0.3 is 20.6 Å². The van der Waals surface area contributed by atoms with Crippen molar-refractivity contribution in [3.63, 3.8) is 0 Å². The number of hydrazone groups is 1. The zero-order valence-electron chi connectivity index (χ0n) is 17.5. The number of halogens is 1. The van der Waals surface area contributed by atoms with Gasteiger partial charge in [-0.05, 0) is 60.7 Å². The monoisotopic (exact) mass is 445 g/mol. The van der Waals surface area contributed by atoms with Gasteiger partial charge in [0.15, 0.2) is 0 Å². The molecule has 0 fully saturated rings. The highest BCUT2D eigenvalue weighted by Gasteiger charge is 2.22. The van der Waals surface area contributed by atoms with E-state index in [1.54, 1.807) is 30.5 Å². The SMILES string of the molecule is CCCCNN=Cc1ccc(C(=O)Nc2ccc3c(c2)CCC(CC(=O)O)O3)cc1.Cl. The molecule has 8 heteroatoms. The predicted molar refractivity (Wildman–Crippen MR) is 124 cm³/mol. The average molecular weight is 446 g/mol. The van der Waals surface area contributed by atoms with E-state index < -0.39 is 5.97 Å². The highest BCUT2D eigenvalue weighted by molar-refractivity contribution is 6.04. The Hall–Kier alpha value is -3.06. The summed E-state index contributed by atoms with van der Waals surface area (Å²) in [6.07, 6.45) is 4.98. The average Bonchev–Trinajstić information content (AvgIpc) is 2.73. The van der Waals surface area contributed by atoms with Gasteiger partial charge in [0.2, 0.25) is 0 Å². The van der Waals surface area contributed by atoms with Crippen molar-refractivity contribution in [3.05, 3.63) is 59.2 Å². The maximum atomic E-state index is 12.5. The molecule has 1 atom stereocenters. The van der Waals surface area contributed by atoms with E-state index in [-0.39, 0.29) is 30.8 Å². The Morgan fingerprint density at radius 1 is 1.23 bits per heavy atom. The Kier molecular flexibility index (Phi) is 9.34. The van der Waals surface area contributed by atoms with Gasteiger partial charge in [0.25, 0.3) is 5.91 Å². The lowest BCUT2D eigenvalue weighted by molar-refractivity contribution is -0.139. The number of aliphatic carboxylic acids is 1. The molecule has 0 radical (unpaired) electrons. The van der Waals surface area contributed by atoms with Crippen molar-refractivity contribution in [1.29, 1.82) is 0 Å². The van der Waals surface area contributed by atoms with Crippen LogP contribution in [0.2, 0.25) is 0 Å². The minimum Gasteiger partial charge on any atom is -0.490 e.